The van der Waals surface area contributed by atoms with E-state index in [0.717, 1.165) is 39.1 Å². The van der Waals surface area contributed by atoms with Gasteiger partial charge in [0.15, 0.2) is 0 Å². The summed E-state index contributed by atoms with van der Waals surface area (Å²) in [5.74, 6) is 0.357. The lowest BCUT2D eigenvalue weighted by Crippen LogP contribution is -2.37. The van der Waals surface area contributed by atoms with Crippen LogP contribution in [0.3, 0.4) is 0 Å². The molecule has 0 N–H and O–H groups in total. The number of likely N-dealkylation sites (tertiary alicyclic amines) is 1. The van der Waals surface area contributed by atoms with Gasteiger partial charge in [0.05, 0.1) is 0 Å². The predicted molar refractivity (Wildman–Crippen MR) is 85.1 cm³/mol. The summed E-state index contributed by atoms with van der Waals surface area (Å²) in [7, 11) is 0. The molecule has 0 saturated carbocycles. The average Bonchev–Trinajstić information content (AvgIpc) is 2.81. The van der Waals surface area contributed by atoms with E-state index in [1.165, 1.54) is 36.8 Å². The molecule has 3 nitrogen and oxygen atoms in total. The highest BCUT2D eigenvalue weighted by molar-refractivity contribution is 5.76. The quantitative estimate of drug-likeness (QED) is 0.853. The lowest BCUT2D eigenvalue weighted by Gasteiger charge is -2.29. The first kappa shape index (κ1) is 14.6. The van der Waals surface area contributed by atoms with Crippen LogP contribution in [0, 0.1) is 0 Å². The molecule has 1 aromatic carbocycles. The largest absolute Gasteiger partial charge is 0.343 e. The van der Waals surface area contributed by atoms with Crippen molar-refractivity contribution < 1.29 is 4.79 Å². The standard InChI is InChI=1S/C18H26N2O/c21-18(20-11-5-1-2-6-12-20)10-14-19-13-9-16-7-3-4-8-17(16)15-19/h3-4,7-8H,1-2,5-6,9-15H2. The van der Waals surface area contributed by atoms with Crippen LogP contribution in [0.15, 0.2) is 24.3 Å². The van der Waals surface area contributed by atoms with E-state index in [9.17, 15) is 4.79 Å². The van der Waals surface area contributed by atoms with Crippen molar-refractivity contribution in [1.82, 2.24) is 9.80 Å². The highest BCUT2D eigenvalue weighted by Gasteiger charge is 2.19. The molecule has 0 atom stereocenters. The molecule has 2 aliphatic rings. The van der Waals surface area contributed by atoms with Crippen molar-refractivity contribution in [2.75, 3.05) is 26.2 Å². The number of hydrogen-bond acceptors (Lipinski definition) is 2. The summed E-state index contributed by atoms with van der Waals surface area (Å²) in [5, 5.41) is 0. The summed E-state index contributed by atoms with van der Waals surface area (Å²) >= 11 is 0. The number of hydrogen-bond donors (Lipinski definition) is 0. The third-order valence-corrected chi connectivity index (χ3v) is 4.81. The van der Waals surface area contributed by atoms with Crippen LogP contribution < -0.4 is 0 Å². The Hall–Kier alpha value is -1.35. The molecular weight excluding hydrogens is 260 g/mol. The molecule has 1 amide bonds. The number of carbonyl (C=O) groups is 1. The van der Waals surface area contributed by atoms with Gasteiger partial charge in [0, 0.05) is 39.1 Å². The van der Waals surface area contributed by atoms with Crippen molar-refractivity contribution in [3.8, 4) is 0 Å². The van der Waals surface area contributed by atoms with Crippen molar-refractivity contribution in [2.24, 2.45) is 0 Å². The molecule has 3 rings (SSSR count). The van der Waals surface area contributed by atoms with Crippen molar-refractivity contribution in [1.29, 1.82) is 0 Å². The normalized spacial score (nSPS) is 19.9. The van der Waals surface area contributed by atoms with E-state index in [1.54, 1.807) is 0 Å². The van der Waals surface area contributed by atoms with Gasteiger partial charge in [-0.2, -0.15) is 0 Å². The van der Waals surface area contributed by atoms with Crippen molar-refractivity contribution in [3.63, 3.8) is 0 Å². The molecule has 114 valence electrons. The maximum Gasteiger partial charge on any atom is 0.223 e. The van der Waals surface area contributed by atoms with E-state index >= 15 is 0 Å². The number of carbonyl (C=O) groups excluding carboxylic acids is 1. The Kier molecular flexibility index (Phi) is 4.91. The molecule has 0 bridgehead atoms. The van der Waals surface area contributed by atoms with Crippen LogP contribution in [-0.4, -0.2) is 41.9 Å². The van der Waals surface area contributed by atoms with Gasteiger partial charge in [-0.25, -0.2) is 0 Å². The second kappa shape index (κ2) is 7.08. The summed E-state index contributed by atoms with van der Waals surface area (Å²) in [4.78, 5) is 16.9. The van der Waals surface area contributed by atoms with Crippen molar-refractivity contribution in [2.45, 2.75) is 45.1 Å². The highest BCUT2D eigenvalue weighted by atomic mass is 16.2. The van der Waals surface area contributed by atoms with Crippen LogP contribution >= 0.6 is 0 Å². The van der Waals surface area contributed by atoms with Crippen LogP contribution in [0.25, 0.3) is 0 Å². The first-order valence-corrected chi connectivity index (χ1v) is 8.40. The van der Waals surface area contributed by atoms with Gasteiger partial charge in [-0.1, -0.05) is 37.1 Å². The first-order valence-electron chi connectivity index (χ1n) is 8.40. The SMILES string of the molecule is O=C(CCN1CCc2ccccc2C1)N1CCCCCC1. The highest BCUT2D eigenvalue weighted by Crippen LogP contribution is 2.19. The van der Waals surface area contributed by atoms with Crippen LogP contribution in [0.1, 0.15) is 43.2 Å². The van der Waals surface area contributed by atoms with Gasteiger partial charge < -0.3 is 4.90 Å². The lowest BCUT2D eigenvalue weighted by molar-refractivity contribution is -0.131. The van der Waals surface area contributed by atoms with E-state index in [0.29, 0.717) is 12.3 Å². The Morgan fingerprint density at radius 2 is 1.67 bits per heavy atom. The number of fused-ring (bicyclic) bond motifs is 1. The van der Waals surface area contributed by atoms with Crippen LogP contribution in [-0.2, 0) is 17.8 Å². The second-order valence-corrected chi connectivity index (χ2v) is 6.34. The van der Waals surface area contributed by atoms with Gasteiger partial charge >= 0.3 is 0 Å². The summed E-state index contributed by atoms with van der Waals surface area (Å²) in [5.41, 5.74) is 2.92. The fourth-order valence-corrected chi connectivity index (χ4v) is 3.48. The van der Waals surface area contributed by atoms with Crippen molar-refractivity contribution >= 4 is 5.91 Å². The summed E-state index contributed by atoms with van der Waals surface area (Å²) in [6, 6.07) is 8.69. The van der Waals surface area contributed by atoms with Gasteiger partial charge in [-0.15, -0.1) is 0 Å². The average molecular weight is 286 g/mol. The zero-order valence-electron chi connectivity index (χ0n) is 12.9. The zero-order chi connectivity index (χ0) is 14.5. The van der Waals surface area contributed by atoms with Gasteiger partial charge in [-0.05, 0) is 30.4 Å². The topological polar surface area (TPSA) is 23.6 Å². The molecule has 3 heteroatoms. The van der Waals surface area contributed by atoms with Crippen molar-refractivity contribution in [3.05, 3.63) is 35.4 Å². The molecule has 0 aromatic heterocycles. The van der Waals surface area contributed by atoms with Gasteiger partial charge in [-0.3, -0.25) is 9.69 Å². The van der Waals surface area contributed by atoms with Gasteiger partial charge in [0.25, 0.3) is 0 Å². The Balaban J connectivity index is 1.48. The zero-order valence-corrected chi connectivity index (χ0v) is 12.9. The predicted octanol–water partition coefficient (Wildman–Crippen LogP) is 2.84. The number of nitrogens with zero attached hydrogens (tertiary/aromatic N) is 2. The molecule has 2 aliphatic heterocycles. The van der Waals surface area contributed by atoms with E-state index in [-0.39, 0.29) is 0 Å². The Morgan fingerprint density at radius 1 is 0.952 bits per heavy atom. The molecule has 1 aromatic rings. The first-order chi connectivity index (χ1) is 10.3. The second-order valence-electron chi connectivity index (χ2n) is 6.34. The number of benzene rings is 1. The fourth-order valence-electron chi connectivity index (χ4n) is 3.48. The molecule has 0 aliphatic carbocycles. The van der Waals surface area contributed by atoms with Crippen LogP contribution in [0.2, 0.25) is 0 Å². The monoisotopic (exact) mass is 286 g/mol. The lowest BCUT2D eigenvalue weighted by atomic mass is 10.00. The third-order valence-electron chi connectivity index (χ3n) is 4.81. The molecule has 0 radical (unpaired) electrons. The Morgan fingerprint density at radius 3 is 2.43 bits per heavy atom. The molecule has 1 saturated heterocycles. The van der Waals surface area contributed by atoms with Gasteiger partial charge in [0.1, 0.15) is 0 Å². The smallest absolute Gasteiger partial charge is 0.223 e. The van der Waals surface area contributed by atoms with Crippen LogP contribution in [0.4, 0.5) is 0 Å². The summed E-state index contributed by atoms with van der Waals surface area (Å²) < 4.78 is 0. The number of rotatable bonds is 3. The Bertz CT molecular complexity index is 478. The molecule has 0 spiro atoms. The van der Waals surface area contributed by atoms with E-state index < -0.39 is 0 Å². The molecule has 0 unspecified atom stereocenters. The minimum atomic E-state index is 0.357. The van der Waals surface area contributed by atoms with E-state index in [4.69, 9.17) is 0 Å². The summed E-state index contributed by atoms with van der Waals surface area (Å²) in [6.07, 6.45) is 6.74. The number of amides is 1. The third kappa shape index (κ3) is 3.85. The minimum absolute atomic E-state index is 0.357. The van der Waals surface area contributed by atoms with E-state index in [1.807, 2.05) is 0 Å². The molecule has 1 fully saturated rings. The molecule has 21 heavy (non-hydrogen) atoms. The minimum Gasteiger partial charge on any atom is -0.343 e. The maximum atomic E-state index is 12.3. The maximum absolute atomic E-state index is 12.3. The van der Waals surface area contributed by atoms with Crippen LogP contribution in [0.5, 0.6) is 0 Å². The van der Waals surface area contributed by atoms with E-state index in [2.05, 4.69) is 34.1 Å². The molecule has 2 heterocycles. The molecular formula is C18H26N2O. The summed E-state index contributed by atoms with van der Waals surface area (Å²) in [6.45, 7) is 4.95. The fraction of sp³-hybridized carbons (Fsp3) is 0.611. The van der Waals surface area contributed by atoms with Gasteiger partial charge in [0.2, 0.25) is 5.91 Å². The Labute approximate surface area is 127 Å².